The normalized spacial score (nSPS) is 10.8. The third-order valence-electron chi connectivity index (χ3n) is 4.75. The highest BCUT2D eigenvalue weighted by Crippen LogP contribution is 2.39. The molecule has 0 saturated carbocycles. The number of pyridine rings is 1. The molecule has 4 rings (SSSR count). The van der Waals surface area contributed by atoms with Gasteiger partial charge in [0.1, 0.15) is 11.8 Å². The molecule has 0 spiro atoms. The lowest BCUT2D eigenvalue weighted by molar-refractivity contribution is 0.374. The first-order chi connectivity index (χ1) is 14.4. The summed E-state index contributed by atoms with van der Waals surface area (Å²) in [5.41, 5.74) is 2.07. The lowest BCUT2D eigenvalue weighted by Crippen LogP contribution is -1.98. The van der Waals surface area contributed by atoms with E-state index in [0.29, 0.717) is 49.4 Å². The number of hydrogen-bond donors (Lipinski definition) is 2. The number of halogens is 2. The molecule has 0 atom stereocenters. The van der Waals surface area contributed by atoms with Gasteiger partial charge in [-0.25, -0.2) is 0 Å². The third kappa shape index (κ3) is 3.39. The number of fused-ring (bicyclic) bond motifs is 2. The van der Waals surface area contributed by atoms with Crippen LogP contribution >= 0.6 is 23.2 Å². The van der Waals surface area contributed by atoms with Crippen molar-refractivity contribution < 1.29 is 14.6 Å². The Balaban J connectivity index is 1.96. The predicted molar refractivity (Wildman–Crippen MR) is 118 cm³/mol. The first-order valence-electron chi connectivity index (χ1n) is 8.78. The van der Waals surface area contributed by atoms with Gasteiger partial charge in [0.15, 0.2) is 11.5 Å². The summed E-state index contributed by atoms with van der Waals surface area (Å²) in [6.07, 6.45) is 1.49. The Hall–Kier alpha value is -3.40. The minimum absolute atomic E-state index is 0.0383. The fourth-order valence-electron chi connectivity index (χ4n) is 3.25. The Labute approximate surface area is 182 Å². The van der Waals surface area contributed by atoms with E-state index in [1.54, 1.807) is 24.3 Å². The van der Waals surface area contributed by atoms with Crippen LogP contribution in [0.3, 0.4) is 0 Å². The number of methoxy groups -OCH3 is 2. The van der Waals surface area contributed by atoms with Gasteiger partial charge in [-0.1, -0.05) is 23.2 Å². The van der Waals surface area contributed by atoms with Crippen molar-refractivity contribution in [2.24, 2.45) is 0 Å². The van der Waals surface area contributed by atoms with Gasteiger partial charge >= 0.3 is 0 Å². The number of nitrogens with one attached hydrogen (secondary N) is 1. The number of anilines is 2. The lowest BCUT2D eigenvalue weighted by Gasteiger charge is -2.15. The maximum Gasteiger partial charge on any atom is 0.161 e. The third-order valence-corrected chi connectivity index (χ3v) is 5.35. The van der Waals surface area contributed by atoms with Crippen LogP contribution < -0.4 is 14.8 Å². The van der Waals surface area contributed by atoms with E-state index in [4.69, 9.17) is 32.7 Å². The number of phenolic OH excluding ortho intramolecular Hbond substituents is 1. The second kappa shape index (κ2) is 7.79. The van der Waals surface area contributed by atoms with Gasteiger partial charge < -0.3 is 19.9 Å². The van der Waals surface area contributed by atoms with Crippen molar-refractivity contribution in [2.45, 2.75) is 0 Å². The number of phenols is 1. The van der Waals surface area contributed by atoms with Crippen molar-refractivity contribution in [1.82, 2.24) is 4.98 Å². The first kappa shape index (κ1) is 19.9. The predicted octanol–water partition coefficient (Wildman–Crippen LogP) is 6.03. The van der Waals surface area contributed by atoms with E-state index in [-0.39, 0.29) is 5.75 Å². The molecule has 3 aromatic carbocycles. The molecule has 0 aliphatic carbocycles. The highest BCUT2D eigenvalue weighted by atomic mass is 35.5. The van der Waals surface area contributed by atoms with Gasteiger partial charge in [-0.3, -0.25) is 4.98 Å². The Bertz CT molecular complexity index is 1350. The zero-order valence-corrected chi connectivity index (χ0v) is 17.5. The number of ether oxygens (including phenoxy) is 2. The largest absolute Gasteiger partial charge is 0.504 e. The Morgan fingerprint density at radius 2 is 1.70 bits per heavy atom. The molecule has 0 radical (unpaired) electrons. The first-order valence-corrected chi connectivity index (χ1v) is 9.54. The number of benzene rings is 3. The molecule has 0 aliphatic heterocycles. The van der Waals surface area contributed by atoms with Crippen molar-refractivity contribution in [3.63, 3.8) is 0 Å². The monoisotopic (exact) mass is 439 g/mol. The molecule has 150 valence electrons. The van der Waals surface area contributed by atoms with Crippen LogP contribution in [0.5, 0.6) is 17.2 Å². The van der Waals surface area contributed by atoms with Crippen molar-refractivity contribution in [2.75, 3.05) is 19.5 Å². The summed E-state index contributed by atoms with van der Waals surface area (Å²) in [5, 5.41) is 26.0. The molecular weight excluding hydrogens is 425 g/mol. The molecule has 30 heavy (non-hydrogen) atoms. The van der Waals surface area contributed by atoms with Gasteiger partial charge in [-0.2, -0.15) is 5.26 Å². The second-order valence-corrected chi connectivity index (χ2v) is 7.31. The highest BCUT2D eigenvalue weighted by Gasteiger charge is 2.15. The SMILES string of the molecule is COc1cc2cc3c(Nc4cc(OC)c(Cl)cc4Cl)c(C#N)cnc3cc2cc1O. The minimum atomic E-state index is 0.0383. The van der Waals surface area contributed by atoms with Crippen LogP contribution in [-0.2, 0) is 0 Å². The van der Waals surface area contributed by atoms with Gasteiger partial charge in [0, 0.05) is 17.6 Å². The average Bonchev–Trinajstić information content (AvgIpc) is 2.74. The van der Waals surface area contributed by atoms with E-state index in [2.05, 4.69) is 16.4 Å². The second-order valence-electron chi connectivity index (χ2n) is 6.49. The highest BCUT2D eigenvalue weighted by molar-refractivity contribution is 6.37. The number of hydrogen-bond acceptors (Lipinski definition) is 6. The summed E-state index contributed by atoms with van der Waals surface area (Å²) in [7, 11) is 3.00. The number of aromatic hydroxyl groups is 1. The molecule has 6 nitrogen and oxygen atoms in total. The zero-order valence-electron chi connectivity index (χ0n) is 16.0. The number of rotatable bonds is 4. The quantitative estimate of drug-likeness (QED) is 0.377. The molecule has 0 aliphatic rings. The summed E-state index contributed by atoms with van der Waals surface area (Å²) >= 11 is 12.5. The van der Waals surface area contributed by atoms with E-state index in [0.717, 1.165) is 10.8 Å². The summed E-state index contributed by atoms with van der Waals surface area (Å²) in [4.78, 5) is 4.39. The fraction of sp³-hybridized carbons (Fsp3) is 0.0909. The minimum Gasteiger partial charge on any atom is -0.504 e. The van der Waals surface area contributed by atoms with Crippen molar-refractivity contribution in [3.05, 3.63) is 58.2 Å². The zero-order chi connectivity index (χ0) is 21.4. The van der Waals surface area contributed by atoms with E-state index in [1.165, 1.54) is 20.4 Å². The summed E-state index contributed by atoms with van der Waals surface area (Å²) in [6, 6.07) is 12.4. The van der Waals surface area contributed by atoms with Gasteiger partial charge in [0.05, 0.1) is 46.7 Å². The van der Waals surface area contributed by atoms with Crippen molar-refractivity contribution in [1.29, 1.82) is 5.26 Å². The smallest absolute Gasteiger partial charge is 0.161 e. The molecular formula is C22H15Cl2N3O3. The topological polar surface area (TPSA) is 87.4 Å². The Morgan fingerprint density at radius 1 is 0.967 bits per heavy atom. The molecule has 0 fully saturated rings. The van der Waals surface area contributed by atoms with E-state index < -0.39 is 0 Å². The molecule has 2 N–H and O–H groups in total. The van der Waals surface area contributed by atoms with E-state index >= 15 is 0 Å². The molecule has 0 saturated heterocycles. The van der Waals surface area contributed by atoms with Crippen LogP contribution in [0.25, 0.3) is 21.7 Å². The van der Waals surface area contributed by atoms with Gasteiger partial charge in [0.2, 0.25) is 0 Å². The lowest BCUT2D eigenvalue weighted by atomic mass is 10.0. The van der Waals surface area contributed by atoms with Gasteiger partial charge in [-0.05, 0) is 41.1 Å². The molecule has 0 amide bonds. The van der Waals surface area contributed by atoms with E-state index in [9.17, 15) is 10.4 Å². The Morgan fingerprint density at radius 3 is 2.40 bits per heavy atom. The number of nitriles is 1. The molecule has 0 bridgehead atoms. The van der Waals surface area contributed by atoms with E-state index in [1.807, 2.05) is 12.1 Å². The van der Waals surface area contributed by atoms with Crippen LogP contribution in [0.4, 0.5) is 11.4 Å². The number of nitrogens with zero attached hydrogens (tertiary/aromatic N) is 2. The van der Waals surface area contributed by atoms with Crippen LogP contribution in [0.1, 0.15) is 5.56 Å². The fourth-order valence-corrected chi connectivity index (χ4v) is 3.76. The summed E-state index contributed by atoms with van der Waals surface area (Å²) in [6.45, 7) is 0. The molecule has 0 unspecified atom stereocenters. The summed E-state index contributed by atoms with van der Waals surface area (Å²) < 4.78 is 10.5. The molecule has 4 aromatic rings. The molecule has 1 heterocycles. The van der Waals surface area contributed by atoms with Crippen LogP contribution in [-0.4, -0.2) is 24.3 Å². The van der Waals surface area contributed by atoms with Gasteiger partial charge in [0.25, 0.3) is 0 Å². The maximum atomic E-state index is 10.1. The van der Waals surface area contributed by atoms with Crippen LogP contribution in [0.15, 0.2) is 42.6 Å². The molecule has 1 aromatic heterocycles. The van der Waals surface area contributed by atoms with Gasteiger partial charge in [-0.15, -0.1) is 0 Å². The van der Waals surface area contributed by atoms with Crippen LogP contribution in [0, 0.1) is 11.3 Å². The van der Waals surface area contributed by atoms with Crippen molar-refractivity contribution >= 4 is 56.3 Å². The van der Waals surface area contributed by atoms with Crippen molar-refractivity contribution in [3.8, 4) is 23.3 Å². The average molecular weight is 440 g/mol. The summed E-state index contributed by atoms with van der Waals surface area (Å²) in [5.74, 6) is 0.841. The molecule has 8 heteroatoms. The Kier molecular flexibility index (Phi) is 5.17. The van der Waals surface area contributed by atoms with Crippen LogP contribution in [0.2, 0.25) is 10.0 Å². The maximum absolute atomic E-state index is 10.1. The standard InChI is InChI=1S/C22H15Cl2N3O3/c1-29-20-8-18(15(23)7-16(20)24)27-22-13(9-25)10-26-17-4-12-5-19(28)21(30-2)6-11(12)3-14(17)22/h3-8,10,28H,1-2H3,(H,26,27). The number of aromatic nitrogens is 1.